The summed E-state index contributed by atoms with van der Waals surface area (Å²) in [7, 11) is 3.55. The van der Waals surface area contributed by atoms with Crippen molar-refractivity contribution >= 4 is 0 Å². The number of rotatable bonds is 6. The molecule has 3 aromatic rings. The summed E-state index contributed by atoms with van der Waals surface area (Å²) >= 11 is 0. The predicted molar refractivity (Wildman–Crippen MR) is 138 cm³/mol. The van der Waals surface area contributed by atoms with Crippen LogP contribution >= 0.6 is 0 Å². The quantitative estimate of drug-likeness (QED) is 0.516. The first kappa shape index (κ1) is 25.8. The van der Waals surface area contributed by atoms with Crippen LogP contribution in [0.3, 0.4) is 0 Å². The van der Waals surface area contributed by atoms with Crippen molar-refractivity contribution in [3.8, 4) is 17.7 Å². The fourth-order valence-corrected chi connectivity index (χ4v) is 5.03. The molecule has 36 heavy (non-hydrogen) atoms. The van der Waals surface area contributed by atoms with E-state index in [1.807, 2.05) is 25.2 Å². The molecule has 0 amide bonds. The van der Waals surface area contributed by atoms with Gasteiger partial charge in [-0.3, -0.25) is 4.98 Å². The van der Waals surface area contributed by atoms with Crippen molar-refractivity contribution < 1.29 is 14.9 Å². The highest BCUT2D eigenvalue weighted by molar-refractivity contribution is 5.45. The van der Waals surface area contributed by atoms with Crippen LogP contribution in [0.15, 0.2) is 55.1 Å². The zero-order valence-electron chi connectivity index (χ0n) is 21.8. The second-order valence-electron chi connectivity index (χ2n) is 10.5. The second kappa shape index (κ2) is 9.62. The minimum Gasteiger partial charge on any atom is -0.481 e. The van der Waals surface area contributed by atoms with Crippen molar-refractivity contribution in [3.63, 3.8) is 0 Å². The summed E-state index contributed by atoms with van der Waals surface area (Å²) in [5, 5.41) is 23.3. The Morgan fingerprint density at radius 3 is 2.36 bits per heavy atom. The van der Waals surface area contributed by atoms with E-state index in [0.717, 1.165) is 18.7 Å². The van der Waals surface area contributed by atoms with Gasteiger partial charge in [0, 0.05) is 48.1 Å². The Bertz CT molecular complexity index is 1290. The van der Waals surface area contributed by atoms with Crippen LogP contribution in [-0.4, -0.2) is 57.3 Å². The van der Waals surface area contributed by atoms with E-state index in [1.165, 1.54) is 19.0 Å². The van der Waals surface area contributed by atoms with Crippen LogP contribution in [0.4, 0.5) is 0 Å². The molecular weight excluding hydrogens is 452 g/mol. The molecule has 1 saturated heterocycles. The number of hydrogen-bond acceptors (Lipinski definition) is 7. The van der Waals surface area contributed by atoms with Gasteiger partial charge < -0.3 is 19.8 Å². The minimum atomic E-state index is -1.53. The second-order valence-corrected chi connectivity index (χ2v) is 10.5. The molecule has 2 aromatic heterocycles. The highest BCUT2D eigenvalue weighted by Gasteiger charge is 2.55. The first-order valence-electron chi connectivity index (χ1n) is 12.1. The molecule has 0 unspecified atom stereocenters. The van der Waals surface area contributed by atoms with Gasteiger partial charge in [-0.25, -0.2) is 9.97 Å². The van der Waals surface area contributed by atoms with Crippen LogP contribution in [-0.2, 0) is 11.2 Å². The maximum atomic E-state index is 12.4. The van der Waals surface area contributed by atoms with E-state index < -0.39 is 16.6 Å². The first-order valence-corrected chi connectivity index (χ1v) is 12.1. The molecule has 1 aliphatic rings. The molecular formula is C29H34N4O3. The fraction of sp³-hybridized carbons (Fsp3) is 0.414. The summed E-state index contributed by atoms with van der Waals surface area (Å²) in [5.41, 5.74) is 0.441. The summed E-state index contributed by atoms with van der Waals surface area (Å²) in [6, 6.07) is 11.6. The molecule has 7 heteroatoms. The summed E-state index contributed by atoms with van der Waals surface area (Å²) in [6.07, 6.45) is 4.66. The van der Waals surface area contributed by atoms with Gasteiger partial charge in [0.05, 0.1) is 12.8 Å². The van der Waals surface area contributed by atoms with Crippen LogP contribution < -0.4 is 4.74 Å². The lowest BCUT2D eigenvalue weighted by molar-refractivity contribution is -0.127. The van der Waals surface area contributed by atoms with Gasteiger partial charge in [-0.2, -0.15) is 0 Å². The number of methoxy groups -OCH3 is 1. The van der Waals surface area contributed by atoms with Crippen molar-refractivity contribution in [3.05, 3.63) is 83.1 Å². The van der Waals surface area contributed by atoms with Crippen molar-refractivity contribution in [2.45, 2.75) is 44.8 Å². The molecule has 4 rings (SSSR count). The van der Waals surface area contributed by atoms with Crippen molar-refractivity contribution in [1.29, 1.82) is 0 Å². The number of benzene rings is 1. The molecule has 188 valence electrons. The molecule has 0 spiro atoms. The molecule has 0 bridgehead atoms. The minimum absolute atomic E-state index is 0.331. The lowest BCUT2D eigenvalue weighted by Crippen LogP contribution is -2.63. The van der Waals surface area contributed by atoms with Crippen molar-refractivity contribution in [2.24, 2.45) is 5.41 Å². The zero-order chi connectivity index (χ0) is 26.1. The van der Waals surface area contributed by atoms with E-state index in [9.17, 15) is 10.2 Å². The smallest absolute Gasteiger partial charge is 0.216 e. The van der Waals surface area contributed by atoms with E-state index in [0.29, 0.717) is 28.6 Å². The maximum Gasteiger partial charge on any atom is 0.216 e. The van der Waals surface area contributed by atoms with Crippen LogP contribution in [0.5, 0.6) is 5.88 Å². The number of aliphatic hydroxyl groups is 2. The predicted octanol–water partition coefficient (Wildman–Crippen LogP) is 3.45. The topological polar surface area (TPSA) is 91.6 Å². The Balaban J connectivity index is 1.74. The summed E-state index contributed by atoms with van der Waals surface area (Å²) in [6.45, 7) is 9.47. The third-order valence-electron chi connectivity index (χ3n) is 7.06. The van der Waals surface area contributed by atoms with E-state index in [4.69, 9.17) is 4.74 Å². The van der Waals surface area contributed by atoms with Gasteiger partial charge in [0.1, 0.15) is 11.9 Å². The van der Waals surface area contributed by atoms with Gasteiger partial charge in [-0.1, -0.05) is 56.9 Å². The SMILES string of the molecule is COc1cc([C@@](C)(O)C#Cc2cncc([C@@](O)(c3ccc(C(C)C)cc3)C3(C)CN(C)C3)c2)ncn1. The number of hydrogen-bond donors (Lipinski definition) is 2. The highest BCUT2D eigenvalue weighted by atomic mass is 16.5. The summed E-state index contributed by atoms with van der Waals surface area (Å²) in [5.74, 6) is 6.65. The number of nitrogens with zero attached hydrogens (tertiary/aromatic N) is 4. The van der Waals surface area contributed by atoms with Gasteiger partial charge in [0.2, 0.25) is 5.88 Å². The van der Waals surface area contributed by atoms with Crippen LogP contribution in [0.1, 0.15) is 61.6 Å². The highest BCUT2D eigenvalue weighted by Crippen LogP contribution is 2.50. The van der Waals surface area contributed by atoms with Crippen molar-refractivity contribution in [2.75, 3.05) is 27.2 Å². The maximum absolute atomic E-state index is 12.4. The Kier molecular flexibility index (Phi) is 6.89. The molecule has 2 N–H and O–H groups in total. The number of ether oxygens (including phenoxy) is 1. The number of pyridine rings is 1. The van der Waals surface area contributed by atoms with Gasteiger partial charge in [0.15, 0.2) is 5.60 Å². The Hall–Kier alpha value is -3.31. The average Bonchev–Trinajstić information content (AvgIpc) is 2.86. The molecule has 2 atom stereocenters. The van der Waals surface area contributed by atoms with Crippen LogP contribution in [0.25, 0.3) is 0 Å². The molecule has 1 fully saturated rings. The standard InChI is InChI=1S/C29H34N4O3/c1-20(2)22-7-9-23(10-8-22)29(35,27(3)17-33(5)18-27)24-13-21(15-30-16-24)11-12-28(4,34)25-14-26(36-6)32-19-31-25/h7-10,13-16,19-20,34-35H,17-18H2,1-6H3/t28-,29-/m0/s1. The van der Waals surface area contributed by atoms with E-state index in [-0.39, 0.29) is 0 Å². The average molecular weight is 487 g/mol. The largest absolute Gasteiger partial charge is 0.481 e. The molecule has 1 aliphatic heterocycles. The molecule has 1 aromatic carbocycles. The monoisotopic (exact) mass is 486 g/mol. The Labute approximate surface area is 213 Å². The van der Waals surface area contributed by atoms with Crippen LogP contribution in [0, 0.1) is 17.3 Å². The lowest BCUT2D eigenvalue weighted by Gasteiger charge is -2.55. The molecule has 0 saturated carbocycles. The fourth-order valence-electron chi connectivity index (χ4n) is 5.03. The Morgan fingerprint density at radius 1 is 1.06 bits per heavy atom. The van der Waals surface area contributed by atoms with Gasteiger partial charge in [0.25, 0.3) is 0 Å². The van der Waals surface area contributed by atoms with Gasteiger partial charge in [-0.05, 0) is 37.1 Å². The van der Waals surface area contributed by atoms with E-state index >= 15 is 0 Å². The molecule has 0 aliphatic carbocycles. The van der Waals surface area contributed by atoms with Crippen molar-refractivity contribution in [1.82, 2.24) is 19.9 Å². The third-order valence-corrected chi connectivity index (χ3v) is 7.06. The molecule has 7 nitrogen and oxygen atoms in total. The van der Waals surface area contributed by atoms with Gasteiger partial charge >= 0.3 is 0 Å². The van der Waals surface area contributed by atoms with Gasteiger partial charge in [-0.15, -0.1) is 0 Å². The van der Waals surface area contributed by atoms with Crippen LogP contribution in [0.2, 0.25) is 0 Å². The lowest BCUT2D eigenvalue weighted by atomic mass is 9.62. The number of likely N-dealkylation sites (tertiary alicyclic amines) is 1. The summed E-state index contributed by atoms with van der Waals surface area (Å²) < 4.78 is 5.13. The molecule has 0 radical (unpaired) electrons. The number of aromatic nitrogens is 3. The Morgan fingerprint density at radius 2 is 1.75 bits per heavy atom. The molecule has 3 heterocycles. The summed E-state index contributed by atoms with van der Waals surface area (Å²) in [4.78, 5) is 14.7. The van der Waals surface area contributed by atoms with E-state index in [2.05, 4.69) is 64.6 Å². The normalized spacial score (nSPS) is 18.4. The first-order chi connectivity index (χ1) is 17.0. The zero-order valence-corrected chi connectivity index (χ0v) is 21.8. The van der Waals surface area contributed by atoms with E-state index in [1.54, 1.807) is 25.4 Å². The third kappa shape index (κ3) is 4.72.